The zero-order valence-corrected chi connectivity index (χ0v) is 6.98. The average Bonchev–Trinajstić information content (AvgIpc) is 2.63. The summed E-state index contributed by atoms with van der Waals surface area (Å²) in [5.74, 6) is 0.459. The van der Waals surface area contributed by atoms with Crippen molar-refractivity contribution in [2.75, 3.05) is 7.11 Å². The van der Waals surface area contributed by atoms with Crippen LogP contribution >= 0.6 is 0 Å². The molecule has 4 heteroatoms. The maximum absolute atomic E-state index is 10.6. The van der Waals surface area contributed by atoms with Crippen LogP contribution in [-0.4, -0.2) is 18.4 Å². The van der Waals surface area contributed by atoms with Gasteiger partial charge in [0.15, 0.2) is 29.5 Å². The molecule has 0 spiro atoms. The zero-order chi connectivity index (χ0) is 9.26. The SMILES string of the molecule is COc1c(C=O)ccc2ocnc12. The fourth-order valence-corrected chi connectivity index (χ4v) is 1.23. The molecule has 1 aromatic heterocycles. The number of aromatic nitrogens is 1. The van der Waals surface area contributed by atoms with Crippen LogP contribution in [0.4, 0.5) is 0 Å². The number of oxazole rings is 1. The van der Waals surface area contributed by atoms with E-state index in [-0.39, 0.29) is 0 Å². The van der Waals surface area contributed by atoms with Gasteiger partial charge in [-0.25, -0.2) is 4.98 Å². The van der Waals surface area contributed by atoms with Gasteiger partial charge in [0.2, 0.25) is 0 Å². The number of fused-ring (bicyclic) bond motifs is 1. The molecule has 0 unspecified atom stereocenters. The summed E-state index contributed by atoms with van der Waals surface area (Å²) in [6, 6.07) is 3.33. The molecule has 0 aliphatic carbocycles. The number of benzene rings is 1. The molecule has 0 atom stereocenters. The lowest BCUT2D eigenvalue weighted by Gasteiger charge is -2.01. The minimum absolute atomic E-state index is 0.459. The van der Waals surface area contributed by atoms with E-state index in [1.807, 2.05) is 0 Å². The van der Waals surface area contributed by atoms with E-state index in [2.05, 4.69) is 4.98 Å². The number of aldehydes is 1. The Morgan fingerprint density at radius 2 is 2.38 bits per heavy atom. The monoisotopic (exact) mass is 177 g/mol. The maximum atomic E-state index is 10.6. The topological polar surface area (TPSA) is 52.3 Å². The van der Waals surface area contributed by atoms with E-state index >= 15 is 0 Å². The molecule has 66 valence electrons. The van der Waals surface area contributed by atoms with E-state index in [9.17, 15) is 4.79 Å². The zero-order valence-electron chi connectivity index (χ0n) is 6.98. The van der Waals surface area contributed by atoms with E-state index in [0.717, 1.165) is 6.29 Å². The van der Waals surface area contributed by atoms with Gasteiger partial charge in [-0.1, -0.05) is 0 Å². The lowest BCUT2D eigenvalue weighted by molar-refractivity contribution is 0.112. The van der Waals surface area contributed by atoms with Crippen molar-refractivity contribution in [3.63, 3.8) is 0 Å². The summed E-state index contributed by atoms with van der Waals surface area (Å²) < 4.78 is 10.1. The molecule has 13 heavy (non-hydrogen) atoms. The first kappa shape index (κ1) is 7.79. The van der Waals surface area contributed by atoms with Gasteiger partial charge < -0.3 is 9.15 Å². The lowest BCUT2D eigenvalue weighted by atomic mass is 10.2. The maximum Gasteiger partial charge on any atom is 0.182 e. The highest BCUT2D eigenvalue weighted by Gasteiger charge is 2.10. The van der Waals surface area contributed by atoms with E-state index in [4.69, 9.17) is 9.15 Å². The van der Waals surface area contributed by atoms with Crippen LogP contribution in [0, 0.1) is 0 Å². The number of hydrogen-bond donors (Lipinski definition) is 0. The highest BCUT2D eigenvalue weighted by molar-refractivity contribution is 5.91. The Bertz CT molecular complexity index is 447. The molecule has 2 aromatic rings. The first-order chi connectivity index (χ1) is 6.36. The molecule has 1 aromatic carbocycles. The lowest BCUT2D eigenvalue weighted by Crippen LogP contribution is -1.90. The van der Waals surface area contributed by atoms with Gasteiger partial charge >= 0.3 is 0 Å². The number of rotatable bonds is 2. The second-order valence-corrected chi connectivity index (χ2v) is 2.50. The third-order valence-corrected chi connectivity index (χ3v) is 1.82. The van der Waals surface area contributed by atoms with Gasteiger partial charge in [0.25, 0.3) is 0 Å². The predicted molar refractivity (Wildman–Crippen MR) is 45.9 cm³/mol. The van der Waals surface area contributed by atoms with Crippen molar-refractivity contribution >= 4 is 17.4 Å². The summed E-state index contributed by atoms with van der Waals surface area (Å²) in [6.07, 6.45) is 2.05. The largest absolute Gasteiger partial charge is 0.494 e. The van der Waals surface area contributed by atoms with Crippen LogP contribution in [0.3, 0.4) is 0 Å². The molecular weight excluding hydrogens is 170 g/mol. The third-order valence-electron chi connectivity index (χ3n) is 1.82. The van der Waals surface area contributed by atoms with Gasteiger partial charge in [0.1, 0.15) is 0 Å². The average molecular weight is 177 g/mol. The normalized spacial score (nSPS) is 10.2. The van der Waals surface area contributed by atoms with E-state index in [1.165, 1.54) is 13.5 Å². The number of hydrogen-bond acceptors (Lipinski definition) is 4. The molecule has 1 heterocycles. The Morgan fingerprint density at radius 1 is 1.54 bits per heavy atom. The molecule has 0 aliphatic rings. The van der Waals surface area contributed by atoms with Crippen LogP contribution in [-0.2, 0) is 0 Å². The smallest absolute Gasteiger partial charge is 0.182 e. The molecule has 0 amide bonds. The van der Waals surface area contributed by atoms with Crippen molar-refractivity contribution in [2.45, 2.75) is 0 Å². The second-order valence-electron chi connectivity index (χ2n) is 2.50. The number of carbonyl (C=O) groups excluding carboxylic acids is 1. The van der Waals surface area contributed by atoms with Crippen molar-refractivity contribution in [1.29, 1.82) is 0 Å². The molecule has 0 N–H and O–H groups in total. The summed E-state index contributed by atoms with van der Waals surface area (Å²) in [7, 11) is 1.50. The van der Waals surface area contributed by atoms with Gasteiger partial charge in [-0.3, -0.25) is 4.79 Å². The van der Waals surface area contributed by atoms with Crippen molar-refractivity contribution in [3.8, 4) is 5.75 Å². The molecule has 0 radical (unpaired) electrons. The quantitative estimate of drug-likeness (QED) is 0.654. The fourth-order valence-electron chi connectivity index (χ4n) is 1.23. The van der Waals surface area contributed by atoms with Gasteiger partial charge in [0, 0.05) is 0 Å². The Kier molecular flexibility index (Phi) is 1.73. The summed E-state index contributed by atoms with van der Waals surface area (Å²) in [4.78, 5) is 14.6. The van der Waals surface area contributed by atoms with Crippen molar-refractivity contribution in [3.05, 3.63) is 24.1 Å². The molecule has 0 saturated heterocycles. The number of ether oxygens (including phenoxy) is 1. The van der Waals surface area contributed by atoms with Crippen LogP contribution in [0.1, 0.15) is 10.4 Å². The van der Waals surface area contributed by atoms with Crippen LogP contribution in [0.5, 0.6) is 5.75 Å². The highest BCUT2D eigenvalue weighted by Crippen LogP contribution is 2.27. The molecule has 0 aliphatic heterocycles. The van der Waals surface area contributed by atoms with E-state index in [0.29, 0.717) is 22.4 Å². The third kappa shape index (κ3) is 1.07. The minimum atomic E-state index is 0.459. The van der Waals surface area contributed by atoms with Gasteiger partial charge in [0.05, 0.1) is 12.7 Å². The van der Waals surface area contributed by atoms with E-state index in [1.54, 1.807) is 12.1 Å². The second kappa shape index (κ2) is 2.90. The first-order valence-electron chi connectivity index (χ1n) is 3.72. The highest BCUT2D eigenvalue weighted by atomic mass is 16.5. The van der Waals surface area contributed by atoms with E-state index < -0.39 is 0 Å². The summed E-state index contributed by atoms with van der Waals surface area (Å²) in [5, 5.41) is 0. The van der Waals surface area contributed by atoms with Gasteiger partial charge in [-0.2, -0.15) is 0 Å². The predicted octanol–water partition coefficient (Wildman–Crippen LogP) is 1.65. The Labute approximate surface area is 74.1 Å². The Morgan fingerprint density at radius 3 is 3.08 bits per heavy atom. The standard InChI is InChI=1S/C9H7NO3/c1-12-9-6(4-11)2-3-7-8(9)10-5-13-7/h2-5H,1H3. The van der Waals surface area contributed by atoms with Crippen molar-refractivity contribution in [2.24, 2.45) is 0 Å². The fraction of sp³-hybridized carbons (Fsp3) is 0.111. The summed E-state index contributed by atoms with van der Waals surface area (Å²) in [5.41, 5.74) is 1.67. The molecule has 2 rings (SSSR count). The molecular formula is C9H7NO3. The number of nitrogens with zero attached hydrogens (tertiary/aromatic N) is 1. The molecule has 0 bridgehead atoms. The summed E-state index contributed by atoms with van der Waals surface area (Å²) >= 11 is 0. The first-order valence-corrected chi connectivity index (χ1v) is 3.72. The van der Waals surface area contributed by atoms with Crippen LogP contribution in [0.25, 0.3) is 11.1 Å². The Balaban J connectivity index is 2.81. The number of methoxy groups -OCH3 is 1. The van der Waals surface area contributed by atoms with Crippen LogP contribution < -0.4 is 4.74 Å². The van der Waals surface area contributed by atoms with Gasteiger partial charge in [-0.05, 0) is 12.1 Å². The van der Waals surface area contributed by atoms with Crippen molar-refractivity contribution in [1.82, 2.24) is 4.98 Å². The number of carbonyl (C=O) groups is 1. The van der Waals surface area contributed by atoms with Crippen LogP contribution in [0.15, 0.2) is 22.9 Å². The van der Waals surface area contributed by atoms with Crippen molar-refractivity contribution < 1.29 is 13.9 Å². The molecule has 0 fully saturated rings. The van der Waals surface area contributed by atoms with Gasteiger partial charge in [-0.15, -0.1) is 0 Å². The Hall–Kier alpha value is -1.84. The van der Waals surface area contributed by atoms with Crippen LogP contribution in [0.2, 0.25) is 0 Å². The molecule has 0 saturated carbocycles. The summed E-state index contributed by atoms with van der Waals surface area (Å²) in [6.45, 7) is 0. The minimum Gasteiger partial charge on any atom is -0.494 e. The molecule has 4 nitrogen and oxygen atoms in total.